The van der Waals surface area contributed by atoms with Gasteiger partial charge in [0.1, 0.15) is 5.75 Å². The highest BCUT2D eigenvalue weighted by Gasteiger charge is 2.13. The van der Waals surface area contributed by atoms with Crippen molar-refractivity contribution in [2.75, 3.05) is 12.9 Å². The minimum absolute atomic E-state index is 0.484. The molecule has 0 fully saturated rings. The lowest BCUT2D eigenvalue weighted by molar-refractivity contribution is 0.411. The summed E-state index contributed by atoms with van der Waals surface area (Å²) < 4.78 is 12.8. The molecule has 3 aromatic rings. The fraction of sp³-hybridized carbons (Fsp3) is 0.312. The SMILES string of the molecule is COc1ccccc1-c1nnc(SCCCc2cnn(C)c2)o1. The Bertz CT molecular complexity index is 769. The molecule has 23 heavy (non-hydrogen) atoms. The molecule has 0 aliphatic rings. The molecule has 0 amide bonds. The number of benzene rings is 1. The van der Waals surface area contributed by atoms with Gasteiger partial charge in [0, 0.05) is 19.0 Å². The van der Waals surface area contributed by atoms with Gasteiger partial charge in [-0.25, -0.2) is 0 Å². The third-order valence-corrected chi connectivity index (χ3v) is 4.24. The van der Waals surface area contributed by atoms with Crippen molar-refractivity contribution in [2.45, 2.75) is 18.1 Å². The van der Waals surface area contributed by atoms with Crippen LogP contribution in [-0.4, -0.2) is 32.8 Å². The van der Waals surface area contributed by atoms with Gasteiger partial charge in [-0.3, -0.25) is 4.68 Å². The van der Waals surface area contributed by atoms with Crippen molar-refractivity contribution in [3.8, 4) is 17.2 Å². The predicted octanol–water partition coefficient (Wildman–Crippen LogP) is 3.20. The van der Waals surface area contributed by atoms with E-state index in [9.17, 15) is 0 Å². The number of nitrogens with zero attached hydrogens (tertiary/aromatic N) is 4. The van der Waals surface area contributed by atoms with Gasteiger partial charge in [0.15, 0.2) is 0 Å². The normalized spacial score (nSPS) is 10.9. The average molecular weight is 330 g/mol. The van der Waals surface area contributed by atoms with Crippen LogP contribution in [0, 0.1) is 0 Å². The summed E-state index contributed by atoms with van der Waals surface area (Å²) in [7, 11) is 3.55. The molecule has 0 saturated heterocycles. The van der Waals surface area contributed by atoms with Crippen LogP contribution in [0.1, 0.15) is 12.0 Å². The molecule has 0 aliphatic heterocycles. The van der Waals surface area contributed by atoms with Crippen LogP contribution in [0.15, 0.2) is 46.3 Å². The van der Waals surface area contributed by atoms with Gasteiger partial charge in [-0.05, 0) is 30.5 Å². The summed E-state index contributed by atoms with van der Waals surface area (Å²) in [6, 6.07) is 7.61. The highest BCUT2D eigenvalue weighted by atomic mass is 32.2. The van der Waals surface area contributed by atoms with Crippen molar-refractivity contribution in [2.24, 2.45) is 7.05 Å². The van der Waals surface area contributed by atoms with E-state index in [0.29, 0.717) is 11.1 Å². The number of ether oxygens (including phenoxy) is 1. The van der Waals surface area contributed by atoms with Gasteiger partial charge in [-0.1, -0.05) is 23.9 Å². The van der Waals surface area contributed by atoms with E-state index in [1.54, 1.807) is 18.9 Å². The molecule has 0 unspecified atom stereocenters. The molecule has 1 aromatic carbocycles. The number of hydrogen-bond donors (Lipinski definition) is 0. The predicted molar refractivity (Wildman–Crippen MR) is 88.5 cm³/mol. The molecule has 7 heteroatoms. The maximum atomic E-state index is 5.71. The van der Waals surface area contributed by atoms with Gasteiger partial charge in [-0.15, -0.1) is 10.2 Å². The number of rotatable bonds is 7. The molecule has 0 bridgehead atoms. The standard InChI is InChI=1S/C16H18N4O2S/c1-20-11-12(10-17-20)6-5-9-23-16-19-18-15(22-16)13-7-3-4-8-14(13)21-2/h3-4,7-8,10-11H,5-6,9H2,1-2H3. The highest BCUT2D eigenvalue weighted by molar-refractivity contribution is 7.99. The Balaban J connectivity index is 1.55. The average Bonchev–Trinajstić information content (AvgIpc) is 3.20. The van der Waals surface area contributed by atoms with E-state index in [2.05, 4.69) is 15.3 Å². The van der Waals surface area contributed by atoms with Crippen LogP contribution in [0.4, 0.5) is 0 Å². The molecule has 0 atom stereocenters. The van der Waals surface area contributed by atoms with Crippen LogP contribution in [-0.2, 0) is 13.5 Å². The van der Waals surface area contributed by atoms with Crippen LogP contribution in [0.3, 0.4) is 0 Å². The van der Waals surface area contributed by atoms with Crippen LogP contribution in [0.2, 0.25) is 0 Å². The lowest BCUT2D eigenvalue weighted by Gasteiger charge is -2.03. The van der Waals surface area contributed by atoms with Crippen LogP contribution < -0.4 is 4.74 Å². The summed E-state index contributed by atoms with van der Waals surface area (Å²) in [5, 5.41) is 12.9. The van der Waals surface area contributed by atoms with E-state index < -0.39 is 0 Å². The summed E-state index contributed by atoms with van der Waals surface area (Å²) in [6.45, 7) is 0. The Morgan fingerprint density at radius 3 is 2.91 bits per heavy atom. The lowest BCUT2D eigenvalue weighted by Crippen LogP contribution is -1.87. The topological polar surface area (TPSA) is 66.0 Å². The lowest BCUT2D eigenvalue weighted by atomic mass is 10.2. The molecule has 2 heterocycles. The molecule has 2 aromatic heterocycles. The Hall–Kier alpha value is -2.28. The summed E-state index contributed by atoms with van der Waals surface area (Å²) in [6.07, 6.45) is 5.96. The van der Waals surface area contributed by atoms with Crippen LogP contribution in [0.5, 0.6) is 5.75 Å². The van der Waals surface area contributed by atoms with E-state index in [-0.39, 0.29) is 0 Å². The first-order chi connectivity index (χ1) is 11.3. The van der Waals surface area contributed by atoms with E-state index in [1.165, 1.54) is 5.56 Å². The Morgan fingerprint density at radius 1 is 1.26 bits per heavy atom. The van der Waals surface area contributed by atoms with Gasteiger partial charge in [0.25, 0.3) is 11.1 Å². The molecular formula is C16H18N4O2S. The number of methoxy groups -OCH3 is 1. The fourth-order valence-electron chi connectivity index (χ4n) is 2.24. The molecule has 0 aliphatic carbocycles. The molecule has 120 valence electrons. The van der Waals surface area contributed by atoms with Crippen molar-refractivity contribution in [1.82, 2.24) is 20.0 Å². The number of aryl methyl sites for hydroxylation is 2. The van der Waals surface area contributed by atoms with Crippen LogP contribution >= 0.6 is 11.8 Å². The highest BCUT2D eigenvalue weighted by Crippen LogP contribution is 2.30. The number of hydrogen-bond acceptors (Lipinski definition) is 6. The zero-order valence-corrected chi connectivity index (χ0v) is 13.9. The molecular weight excluding hydrogens is 312 g/mol. The Kier molecular flexibility index (Phi) is 4.97. The van der Waals surface area contributed by atoms with Crippen molar-refractivity contribution >= 4 is 11.8 Å². The van der Waals surface area contributed by atoms with Gasteiger partial charge < -0.3 is 9.15 Å². The van der Waals surface area contributed by atoms with E-state index in [1.807, 2.05) is 48.4 Å². The summed E-state index contributed by atoms with van der Waals surface area (Å²) in [5.74, 6) is 2.13. The quantitative estimate of drug-likeness (QED) is 0.489. The van der Waals surface area contributed by atoms with E-state index >= 15 is 0 Å². The molecule has 0 N–H and O–H groups in total. The minimum atomic E-state index is 0.484. The smallest absolute Gasteiger partial charge is 0.276 e. The molecule has 0 spiro atoms. The third kappa shape index (κ3) is 3.92. The molecule has 6 nitrogen and oxygen atoms in total. The van der Waals surface area contributed by atoms with Crippen molar-refractivity contribution in [1.29, 1.82) is 0 Å². The minimum Gasteiger partial charge on any atom is -0.496 e. The largest absolute Gasteiger partial charge is 0.496 e. The maximum Gasteiger partial charge on any atom is 0.276 e. The van der Waals surface area contributed by atoms with Gasteiger partial charge in [-0.2, -0.15) is 5.10 Å². The molecule has 0 saturated carbocycles. The second-order valence-electron chi connectivity index (χ2n) is 5.05. The second kappa shape index (κ2) is 7.32. The number of para-hydroxylation sites is 1. The van der Waals surface area contributed by atoms with Gasteiger partial charge in [0.2, 0.25) is 0 Å². The summed E-state index contributed by atoms with van der Waals surface area (Å²) in [4.78, 5) is 0. The molecule has 0 radical (unpaired) electrons. The monoisotopic (exact) mass is 330 g/mol. The van der Waals surface area contributed by atoms with Crippen LogP contribution in [0.25, 0.3) is 11.5 Å². The number of aromatic nitrogens is 4. The Morgan fingerprint density at radius 2 is 2.13 bits per heavy atom. The number of thioether (sulfide) groups is 1. The Labute approximate surface area is 138 Å². The molecule has 3 rings (SSSR count). The maximum absolute atomic E-state index is 5.71. The first-order valence-electron chi connectivity index (χ1n) is 7.33. The zero-order chi connectivity index (χ0) is 16.1. The summed E-state index contributed by atoms with van der Waals surface area (Å²) >= 11 is 1.57. The third-order valence-electron chi connectivity index (χ3n) is 3.34. The van der Waals surface area contributed by atoms with Gasteiger partial charge in [0.05, 0.1) is 18.9 Å². The first-order valence-corrected chi connectivity index (χ1v) is 8.32. The first kappa shape index (κ1) is 15.6. The summed E-state index contributed by atoms with van der Waals surface area (Å²) in [5.41, 5.74) is 2.05. The van der Waals surface area contributed by atoms with E-state index in [0.717, 1.165) is 29.9 Å². The second-order valence-corrected chi connectivity index (χ2v) is 6.09. The van der Waals surface area contributed by atoms with Crippen molar-refractivity contribution < 1.29 is 9.15 Å². The fourth-order valence-corrected chi connectivity index (χ4v) is 2.93. The van der Waals surface area contributed by atoms with Crippen molar-refractivity contribution in [3.05, 3.63) is 42.2 Å². The van der Waals surface area contributed by atoms with E-state index in [4.69, 9.17) is 9.15 Å². The van der Waals surface area contributed by atoms with Crippen molar-refractivity contribution in [3.63, 3.8) is 0 Å². The zero-order valence-electron chi connectivity index (χ0n) is 13.1. The van der Waals surface area contributed by atoms with Gasteiger partial charge >= 0.3 is 0 Å².